The summed E-state index contributed by atoms with van der Waals surface area (Å²) in [5, 5.41) is 3.06. The molecular weight excluding hydrogens is 391 g/mol. The highest BCUT2D eigenvalue weighted by Gasteiger charge is 2.36. The fourth-order valence-electron chi connectivity index (χ4n) is 4.33. The molecule has 0 unspecified atom stereocenters. The summed E-state index contributed by atoms with van der Waals surface area (Å²) < 4.78 is 39.7. The van der Waals surface area contributed by atoms with Gasteiger partial charge in [-0.3, -0.25) is 0 Å². The molecule has 30 heavy (non-hydrogen) atoms. The molecule has 0 atom stereocenters. The van der Waals surface area contributed by atoms with Crippen LogP contribution in [0.15, 0.2) is 37.2 Å². The molecule has 0 aliphatic carbocycles. The monoisotopic (exact) mass is 419 g/mol. The third kappa shape index (κ3) is 4.43. The fraction of sp³-hybridized carbons (Fsp3) is 0.455. The molecule has 162 valence electrons. The van der Waals surface area contributed by atoms with E-state index >= 15 is 0 Å². The minimum absolute atomic E-state index is 0.323. The smallest absolute Gasteiger partial charge is 0.372 e. The first-order chi connectivity index (χ1) is 14.3. The number of hydrogen-bond donors (Lipinski definition) is 2. The van der Waals surface area contributed by atoms with E-state index in [0.717, 1.165) is 49.2 Å². The molecule has 0 radical (unpaired) electrons. The Kier molecular flexibility index (Phi) is 6.65. The standard InChI is InChI=1S/C22H28F3N5/c1-3-18-19(27-2)28-15-29-20(18)30-11-5-9-21(14-26,10-6-12-30)16-7-4-8-17(13-16)22(23,24)25/h3-4,7-8,13,15H,1,5-6,9-12,14,26H2,2H3,(H,27,28,29). The second-order valence-corrected chi connectivity index (χ2v) is 7.67. The zero-order valence-corrected chi connectivity index (χ0v) is 17.2. The summed E-state index contributed by atoms with van der Waals surface area (Å²) in [5.74, 6) is 1.54. The van der Waals surface area contributed by atoms with Gasteiger partial charge in [-0.25, -0.2) is 9.97 Å². The molecule has 0 bridgehead atoms. The van der Waals surface area contributed by atoms with Crippen molar-refractivity contribution in [1.82, 2.24) is 9.97 Å². The Balaban J connectivity index is 1.83. The van der Waals surface area contributed by atoms with E-state index in [1.54, 1.807) is 19.2 Å². The zero-order chi connectivity index (χ0) is 21.8. The van der Waals surface area contributed by atoms with Crippen molar-refractivity contribution >= 4 is 17.7 Å². The van der Waals surface area contributed by atoms with E-state index in [-0.39, 0.29) is 0 Å². The number of rotatable bonds is 5. The van der Waals surface area contributed by atoms with Crippen LogP contribution in [-0.2, 0) is 11.6 Å². The first-order valence-electron chi connectivity index (χ1n) is 10.1. The highest BCUT2D eigenvalue weighted by atomic mass is 19.4. The van der Waals surface area contributed by atoms with Gasteiger partial charge in [0.1, 0.15) is 18.0 Å². The minimum atomic E-state index is -4.36. The van der Waals surface area contributed by atoms with Gasteiger partial charge in [-0.2, -0.15) is 13.2 Å². The molecule has 8 heteroatoms. The van der Waals surface area contributed by atoms with Gasteiger partial charge in [-0.05, 0) is 37.3 Å². The number of aromatic nitrogens is 2. The second kappa shape index (κ2) is 9.04. The van der Waals surface area contributed by atoms with E-state index in [1.165, 1.54) is 18.5 Å². The SMILES string of the molecule is C=Cc1c(NC)ncnc1N1CCCC(CN)(c2cccc(C(F)(F)F)c2)CCC1. The Morgan fingerprint density at radius 1 is 1.23 bits per heavy atom. The van der Waals surface area contributed by atoms with E-state index in [0.29, 0.717) is 24.9 Å². The van der Waals surface area contributed by atoms with Crippen molar-refractivity contribution in [1.29, 1.82) is 0 Å². The van der Waals surface area contributed by atoms with Gasteiger partial charge in [-0.15, -0.1) is 0 Å². The van der Waals surface area contributed by atoms with Crippen LogP contribution >= 0.6 is 0 Å². The number of nitrogens with zero attached hydrogens (tertiary/aromatic N) is 3. The van der Waals surface area contributed by atoms with Crippen LogP contribution in [0.3, 0.4) is 0 Å². The first-order valence-corrected chi connectivity index (χ1v) is 10.1. The largest absolute Gasteiger partial charge is 0.416 e. The van der Waals surface area contributed by atoms with Crippen molar-refractivity contribution in [3.8, 4) is 0 Å². The van der Waals surface area contributed by atoms with Crippen molar-refractivity contribution in [3.05, 3.63) is 53.9 Å². The minimum Gasteiger partial charge on any atom is -0.372 e. The molecule has 1 fully saturated rings. The molecule has 2 heterocycles. The molecule has 0 spiro atoms. The molecule has 1 saturated heterocycles. The predicted molar refractivity (Wildman–Crippen MR) is 115 cm³/mol. The molecule has 3 N–H and O–H groups in total. The number of alkyl halides is 3. The number of hydrogen-bond acceptors (Lipinski definition) is 5. The topological polar surface area (TPSA) is 67.1 Å². The molecule has 2 aromatic rings. The van der Waals surface area contributed by atoms with Crippen LogP contribution in [0.2, 0.25) is 0 Å². The van der Waals surface area contributed by atoms with Crippen LogP contribution in [0.25, 0.3) is 6.08 Å². The number of nitrogens with one attached hydrogen (secondary N) is 1. The van der Waals surface area contributed by atoms with Gasteiger partial charge in [0.05, 0.1) is 11.1 Å². The number of anilines is 2. The Labute approximate surface area is 175 Å². The molecule has 3 rings (SSSR count). The van der Waals surface area contributed by atoms with Crippen LogP contribution in [0, 0.1) is 0 Å². The van der Waals surface area contributed by atoms with Crippen LogP contribution in [-0.4, -0.2) is 36.6 Å². The van der Waals surface area contributed by atoms with E-state index in [4.69, 9.17) is 5.73 Å². The number of benzene rings is 1. The Hall–Kier alpha value is -2.61. The van der Waals surface area contributed by atoms with E-state index in [9.17, 15) is 13.2 Å². The maximum atomic E-state index is 13.2. The molecule has 1 aliphatic rings. The van der Waals surface area contributed by atoms with Gasteiger partial charge in [0.25, 0.3) is 0 Å². The summed E-state index contributed by atoms with van der Waals surface area (Å²) in [5.41, 5.74) is 6.61. The summed E-state index contributed by atoms with van der Waals surface area (Å²) >= 11 is 0. The third-order valence-electron chi connectivity index (χ3n) is 5.96. The van der Waals surface area contributed by atoms with Crippen molar-refractivity contribution in [3.63, 3.8) is 0 Å². The average molecular weight is 419 g/mol. The maximum Gasteiger partial charge on any atom is 0.416 e. The van der Waals surface area contributed by atoms with Crippen LogP contribution in [0.5, 0.6) is 0 Å². The average Bonchev–Trinajstić information content (AvgIpc) is 2.73. The fourth-order valence-corrected chi connectivity index (χ4v) is 4.33. The second-order valence-electron chi connectivity index (χ2n) is 7.67. The van der Waals surface area contributed by atoms with E-state index in [2.05, 4.69) is 26.8 Å². The van der Waals surface area contributed by atoms with Crippen molar-refractivity contribution in [2.75, 3.05) is 36.9 Å². The highest BCUT2D eigenvalue weighted by Crippen LogP contribution is 2.39. The summed E-state index contributed by atoms with van der Waals surface area (Å²) in [4.78, 5) is 10.9. The lowest BCUT2D eigenvalue weighted by Crippen LogP contribution is -2.40. The summed E-state index contributed by atoms with van der Waals surface area (Å²) in [6.45, 7) is 5.68. The summed E-state index contributed by atoms with van der Waals surface area (Å²) in [7, 11) is 1.80. The molecule has 1 aliphatic heterocycles. The Bertz CT molecular complexity index is 871. The molecule has 5 nitrogen and oxygen atoms in total. The molecule has 0 amide bonds. The first kappa shape index (κ1) is 22.1. The summed E-state index contributed by atoms with van der Waals surface area (Å²) in [6, 6.07) is 5.65. The van der Waals surface area contributed by atoms with Gasteiger partial charge < -0.3 is 16.0 Å². The van der Waals surface area contributed by atoms with Crippen molar-refractivity contribution < 1.29 is 13.2 Å². The normalized spacial score (nSPS) is 17.2. The highest BCUT2D eigenvalue weighted by molar-refractivity contribution is 5.72. The zero-order valence-electron chi connectivity index (χ0n) is 17.2. The predicted octanol–water partition coefficient (Wildman–Crippen LogP) is 4.46. The Morgan fingerprint density at radius 3 is 2.50 bits per heavy atom. The quantitative estimate of drug-likeness (QED) is 0.749. The molecule has 1 aromatic carbocycles. The van der Waals surface area contributed by atoms with Crippen molar-refractivity contribution in [2.45, 2.75) is 37.3 Å². The van der Waals surface area contributed by atoms with Crippen LogP contribution in [0.4, 0.5) is 24.8 Å². The third-order valence-corrected chi connectivity index (χ3v) is 5.96. The van der Waals surface area contributed by atoms with Crippen LogP contribution in [0.1, 0.15) is 42.4 Å². The lowest BCUT2D eigenvalue weighted by molar-refractivity contribution is -0.137. The number of halogens is 3. The lowest BCUT2D eigenvalue weighted by Gasteiger charge is -2.38. The Morgan fingerprint density at radius 2 is 1.93 bits per heavy atom. The van der Waals surface area contributed by atoms with E-state index < -0.39 is 17.2 Å². The van der Waals surface area contributed by atoms with Gasteiger partial charge in [0.15, 0.2) is 0 Å². The molecule has 0 saturated carbocycles. The van der Waals surface area contributed by atoms with E-state index in [1.807, 2.05) is 0 Å². The maximum absolute atomic E-state index is 13.2. The lowest BCUT2D eigenvalue weighted by atomic mass is 9.72. The number of nitrogens with two attached hydrogens (primary N) is 1. The van der Waals surface area contributed by atoms with Crippen molar-refractivity contribution in [2.24, 2.45) is 5.73 Å². The van der Waals surface area contributed by atoms with Gasteiger partial charge in [0.2, 0.25) is 0 Å². The van der Waals surface area contributed by atoms with Gasteiger partial charge >= 0.3 is 6.18 Å². The molecular formula is C22H28F3N5. The molecule has 1 aromatic heterocycles. The van der Waals surface area contributed by atoms with Gasteiger partial charge in [0, 0.05) is 32.1 Å². The van der Waals surface area contributed by atoms with Gasteiger partial charge in [-0.1, -0.05) is 30.9 Å². The summed E-state index contributed by atoms with van der Waals surface area (Å²) in [6.07, 6.45) is 1.94. The van der Waals surface area contributed by atoms with Crippen LogP contribution < -0.4 is 16.0 Å².